The molecule has 170 valence electrons. The van der Waals surface area contributed by atoms with Gasteiger partial charge >= 0.3 is 0 Å². The monoisotopic (exact) mass is 468 g/mol. The van der Waals surface area contributed by atoms with E-state index in [1.165, 1.54) is 23.4 Å². The lowest BCUT2D eigenvalue weighted by Crippen LogP contribution is -2.31. The zero-order chi connectivity index (χ0) is 23.7. The maximum atomic E-state index is 13.0. The van der Waals surface area contributed by atoms with E-state index in [1.54, 1.807) is 30.0 Å². The molecule has 0 saturated carbocycles. The van der Waals surface area contributed by atoms with Crippen molar-refractivity contribution in [3.05, 3.63) is 93.7 Å². The molecule has 6 heteroatoms. The van der Waals surface area contributed by atoms with E-state index in [1.807, 2.05) is 12.1 Å². The average Bonchev–Trinajstić information content (AvgIpc) is 2.87. The van der Waals surface area contributed by atoms with E-state index in [4.69, 9.17) is 4.74 Å². The summed E-state index contributed by atoms with van der Waals surface area (Å²) in [6.07, 6.45) is 2.03. The number of ether oxygens (including phenoxy) is 1. The number of nitrogens with zero attached hydrogens (tertiary/aromatic N) is 1. The van der Waals surface area contributed by atoms with E-state index in [9.17, 15) is 15.2 Å². The van der Waals surface area contributed by atoms with E-state index in [2.05, 4.69) is 41.7 Å². The van der Waals surface area contributed by atoms with Gasteiger partial charge in [-0.1, -0.05) is 48.5 Å². The van der Waals surface area contributed by atoms with Gasteiger partial charge in [0.15, 0.2) is 17.3 Å². The number of benzene rings is 3. The molecule has 5 rings (SSSR count). The topological polar surface area (TPSA) is 82.3 Å². The lowest BCUT2D eigenvalue weighted by Gasteiger charge is -2.33. The number of ketones is 1. The van der Waals surface area contributed by atoms with Crippen molar-refractivity contribution in [2.75, 3.05) is 7.11 Å². The number of Topliss-reactive ketones (excluding diaryl/α,β-unsaturated/α-hetero) is 1. The van der Waals surface area contributed by atoms with Gasteiger partial charge in [0.25, 0.3) is 0 Å². The molecule has 0 amide bonds. The molecule has 0 fully saturated rings. The summed E-state index contributed by atoms with van der Waals surface area (Å²) in [6.45, 7) is 0. The first-order valence-corrected chi connectivity index (χ1v) is 12.2. The van der Waals surface area contributed by atoms with Crippen LogP contribution in [0.4, 0.5) is 0 Å². The molecule has 5 nitrogen and oxygen atoms in total. The first-order chi connectivity index (χ1) is 16.6. The summed E-state index contributed by atoms with van der Waals surface area (Å²) in [6, 6.07) is 22.0. The van der Waals surface area contributed by atoms with Gasteiger partial charge in [0.2, 0.25) is 0 Å². The second kappa shape index (κ2) is 9.28. The number of hydrogen-bond donors (Lipinski definition) is 2. The van der Waals surface area contributed by atoms with Crippen molar-refractivity contribution in [3.63, 3.8) is 0 Å². The second-order valence-electron chi connectivity index (χ2n) is 8.44. The summed E-state index contributed by atoms with van der Waals surface area (Å²) in [7, 11) is 1.49. The Kier molecular flexibility index (Phi) is 6.04. The number of aromatic hydroxyl groups is 1. The smallest absolute Gasteiger partial charge is 0.161 e. The van der Waals surface area contributed by atoms with Crippen LogP contribution in [-0.4, -0.2) is 18.0 Å². The van der Waals surface area contributed by atoms with Crippen molar-refractivity contribution in [1.29, 1.82) is 5.26 Å². The van der Waals surface area contributed by atoms with Gasteiger partial charge in [-0.25, -0.2) is 0 Å². The molecule has 0 spiro atoms. The van der Waals surface area contributed by atoms with Crippen LogP contribution in [0.1, 0.15) is 36.3 Å². The molecular formula is C28H24N2O3S. The Balaban J connectivity index is 1.57. The molecule has 0 saturated heterocycles. The molecule has 3 aromatic carbocycles. The molecule has 2 aliphatic rings. The maximum Gasteiger partial charge on any atom is 0.161 e. The number of nitriles is 1. The molecule has 0 aromatic heterocycles. The molecule has 2 N–H and O–H groups in total. The van der Waals surface area contributed by atoms with Gasteiger partial charge in [0, 0.05) is 23.4 Å². The normalized spacial score (nSPS) is 17.9. The van der Waals surface area contributed by atoms with Crippen molar-refractivity contribution in [2.45, 2.75) is 30.9 Å². The fourth-order valence-electron chi connectivity index (χ4n) is 4.81. The molecule has 1 heterocycles. The van der Waals surface area contributed by atoms with Crippen molar-refractivity contribution in [3.8, 4) is 17.6 Å². The fourth-order valence-corrected chi connectivity index (χ4v) is 5.88. The summed E-state index contributed by atoms with van der Waals surface area (Å²) in [5.74, 6) is 0.619. The Labute approximate surface area is 202 Å². The number of carbonyl (C=O) groups excluding carboxylic acids is 1. The highest BCUT2D eigenvalue weighted by atomic mass is 32.2. The summed E-state index contributed by atoms with van der Waals surface area (Å²) >= 11 is 1.59. The van der Waals surface area contributed by atoms with Crippen LogP contribution in [0.3, 0.4) is 0 Å². The molecule has 0 radical (unpaired) electrons. The number of nitrogens with one attached hydrogen (secondary N) is 1. The van der Waals surface area contributed by atoms with Crippen LogP contribution in [0.15, 0.2) is 82.5 Å². The minimum Gasteiger partial charge on any atom is -0.504 e. The average molecular weight is 469 g/mol. The molecule has 1 aliphatic carbocycles. The predicted molar refractivity (Wildman–Crippen MR) is 134 cm³/mol. The first kappa shape index (κ1) is 22.1. The largest absolute Gasteiger partial charge is 0.504 e. The highest BCUT2D eigenvalue weighted by Crippen LogP contribution is 2.46. The van der Waals surface area contributed by atoms with Gasteiger partial charge in [-0.15, -0.1) is 11.8 Å². The fraction of sp³-hybridized carbons (Fsp3) is 0.214. The number of fused-ring (bicyclic) bond motifs is 1. The minimum absolute atomic E-state index is 0.0254. The molecular weight excluding hydrogens is 444 g/mol. The zero-order valence-corrected chi connectivity index (χ0v) is 19.6. The SMILES string of the molecule is COc1cc([C@H]2C(C#N)=C(SCc3cccc4ccccc34)NC3=C2C(=O)CCC3)ccc1O. The Morgan fingerprint density at radius 1 is 1.15 bits per heavy atom. The third-order valence-electron chi connectivity index (χ3n) is 6.45. The summed E-state index contributed by atoms with van der Waals surface area (Å²) in [4.78, 5) is 13.0. The summed E-state index contributed by atoms with van der Waals surface area (Å²) < 4.78 is 5.31. The van der Waals surface area contributed by atoms with E-state index in [0.717, 1.165) is 29.1 Å². The molecule has 0 unspecified atom stereocenters. The highest BCUT2D eigenvalue weighted by Gasteiger charge is 2.37. The number of phenols is 1. The molecule has 1 atom stereocenters. The van der Waals surface area contributed by atoms with Crippen molar-refractivity contribution in [1.82, 2.24) is 5.32 Å². The highest BCUT2D eigenvalue weighted by molar-refractivity contribution is 8.02. The Bertz CT molecular complexity index is 1400. The van der Waals surface area contributed by atoms with Crippen molar-refractivity contribution >= 4 is 28.3 Å². The van der Waals surface area contributed by atoms with Crippen LogP contribution in [0.25, 0.3) is 10.8 Å². The molecule has 3 aromatic rings. The van der Waals surface area contributed by atoms with Gasteiger partial charge in [0.1, 0.15) is 0 Å². The first-order valence-electron chi connectivity index (χ1n) is 11.2. The van der Waals surface area contributed by atoms with Gasteiger partial charge in [0.05, 0.1) is 29.7 Å². The predicted octanol–water partition coefficient (Wildman–Crippen LogP) is 5.92. The number of hydrogen-bond acceptors (Lipinski definition) is 6. The molecule has 34 heavy (non-hydrogen) atoms. The number of allylic oxidation sites excluding steroid dienone is 3. The van der Waals surface area contributed by atoms with Crippen molar-refractivity contribution in [2.24, 2.45) is 0 Å². The van der Waals surface area contributed by atoms with Crippen molar-refractivity contribution < 1.29 is 14.6 Å². The third-order valence-corrected chi connectivity index (χ3v) is 7.52. The number of thioether (sulfide) groups is 1. The van der Waals surface area contributed by atoms with Crippen LogP contribution >= 0.6 is 11.8 Å². The summed E-state index contributed by atoms with van der Waals surface area (Å²) in [5.41, 5.74) is 4.03. The zero-order valence-electron chi connectivity index (χ0n) is 18.8. The number of rotatable bonds is 5. The third kappa shape index (κ3) is 3.93. The van der Waals surface area contributed by atoms with Gasteiger partial charge in [-0.2, -0.15) is 5.26 Å². The Hall–Kier alpha value is -3.69. The van der Waals surface area contributed by atoms with E-state index in [-0.39, 0.29) is 11.5 Å². The number of carbonyl (C=O) groups is 1. The van der Waals surface area contributed by atoms with Gasteiger partial charge in [-0.3, -0.25) is 4.79 Å². The van der Waals surface area contributed by atoms with Crippen LogP contribution in [-0.2, 0) is 10.5 Å². The lowest BCUT2D eigenvalue weighted by atomic mass is 9.77. The van der Waals surface area contributed by atoms with Crippen LogP contribution < -0.4 is 10.1 Å². The van der Waals surface area contributed by atoms with Gasteiger partial charge in [-0.05, 0) is 46.9 Å². The van der Waals surface area contributed by atoms with E-state index in [0.29, 0.717) is 29.1 Å². The van der Waals surface area contributed by atoms with Crippen LogP contribution in [0, 0.1) is 11.3 Å². The lowest BCUT2D eigenvalue weighted by molar-refractivity contribution is -0.116. The molecule has 1 aliphatic heterocycles. The van der Waals surface area contributed by atoms with Crippen LogP contribution in [0.2, 0.25) is 0 Å². The number of phenolic OH excluding ortho intramolecular Hbond substituents is 1. The Morgan fingerprint density at radius 2 is 1.97 bits per heavy atom. The minimum atomic E-state index is -0.487. The van der Waals surface area contributed by atoms with Gasteiger partial charge < -0.3 is 15.2 Å². The number of dihydropyridines is 1. The summed E-state index contributed by atoms with van der Waals surface area (Å²) in [5, 5.41) is 26.9. The number of methoxy groups -OCH3 is 1. The Morgan fingerprint density at radius 3 is 2.79 bits per heavy atom. The molecule has 0 bridgehead atoms. The second-order valence-corrected chi connectivity index (χ2v) is 9.43. The van der Waals surface area contributed by atoms with Crippen LogP contribution in [0.5, 0.6) is 11.5 Å². The standard InChI is InChI=1S/C28H24N2O3S/c1-33-25-14-18(12-13-23(25)31)26-21(15-29)28(30-22-10-5-11-24(32)27(22)26)34-16-19-8-4-7-17-6-2-3-9-20(17)19/h2-4,6-9,12-14,26,30-31H,5,10-11,16H2,1H3/t26-/m0/s1. The van der Waals surface area contributed by atoms with E-state index >= 15 is 0 Å². The quantitative estimate of drug-likeness (QED) is 0.484. The maximum absolute atomic E-state index is 13.0. The van der Waals surface area contributed by atoms with E-state index < -0.39 is 5.92 Å².